The van der Waals surface area contributed by atoms with Gasteiger partial charge in [-0.05, 0) is 36.1 Å². The predicted octanol–water partition coefficient (Wildman–Crippen LogP) is 3.25. The Kier molecular flexibility index (Phi) is 3.79. The van der Waals surface area contributed by atoms with Gasteiger partial charge in [0, 0.05) is 23.0 Å². The molecule has 1 aromatic rings. The molecule has 1 heterocycles. The lowest BCUT2D eigenvalue weighted by Gasteiger charge is -2.46. The fourth-order valence-corrected chi connectivity index (χ4v) is 2.76. The van der Waals surface area contributed by atoms with Gasteiger partial charge in [-0.15, -0.1) is 0 Å². The fourth-order valence-electron chi connectivity index (χ4n) is 2.38. The average Bonchev–Trinajstić information content (AvgIpc) is 2.25. The van der Waals surface area contributed by atoms with Crippen LogP contribution in [-0.2, 0) is 6.42 Å². The molecule has 2 rings (SSSR count). The maximum Gasteiger partial charge on any atom is 0.119 e. The Balaban J connectivity index is 2.22. The number of benzene rings is 1. The van der Waals surface area contributed by atoms with E-state index in [9.17, 15) is 0 Å². The molecule has 0 unspecified atom stereocenters. The highest BCUT2D eigenvalue weighted by molar-refractivity contribution is 9.10. The van der Waals surface area contributed by atoms with Gasteiger partial charge in [0.2, 0.25) is 0 Å². The molecule has 0 aliphatic carbocycles. The van der Waals surface area contributed by atoms with Crippen LogP contribution in [-0.4, -0.2) is 20.2 Å². The Labute approximate surface area is 112 Å². The normalized spacial score (nSPS) is 17.9. The molecule has 1 fully saturated rings. The zero-order valence-corrected chi connectivity index (χ0v) is 12.3. The van der Waals surface area contributed by atoms with Gasteiger partial charge in [-0.3, -0.25) is 0 Å². The Morgan fingerprint density at radius 3 is 2.59 bits per heavy atom. The van der Waals surface area contributed by atoms with Gasteiger partial charge >= 0.3 is 0 Å². The monoisotopic (exact) mass is 297 g/mol. The third-order valence-electron chi connectivity index (χ3n) is 3.97. The smallest absolute Gasteiger partial charge is 0.119 e. The topological polar surface area (TPSA) is 21.3 Å². The van der Waals surface area contributed by atoms with E-state index < -0.39 is 0 Å². The van der Waals surface area contributed by atoms with Crippen LogP contribution in [0.15, 0.2) is 22.7 Å². The molecule has 1 N–H and O–H groups in total. The van der Waals surface area contributed by atoms with Crippen LogP contribution in [0.4, 0.5) is 0 Å². The van der Waals surface area contributed by atoms with Crippen LogP contribution in [0.2, 0.25) is 0 Å². The molecule has 94 valence electrons. The van der Waals surface area contributed by atoms with Gasteiger partial charge in [-0.2, -0.15) is 0 Å². The van der Waals surface area contributed by atoms with E-state index in [1.165, 1.54) is 10.0 Å². The number of rotatable bonds is 4. The average molecular weight is 298 g/mol. The van der Waals surface area contributed by atoms with Crippen molar-refractivity contribution in [3.63, 3.8) is 0 Å². The molecule has 0 aromatic heterocycles. The molecule has 1 aromatic carbocycles. The molecule has 0 saturated carbocycles. The van der Waals surface area contributed by atoms with E-state index in [0.717, 1.165) is 25.3 Å². The van der Waals surface area contributed by atoms with Gasteiger partial charge < -0.3 is 10.1 Å². The molecule has 17 heavy (non-hydrogen) atoms. The van der Waals surface area contributed by atoms with Crippen LogP contribution in [0.3, 0.4) is 0 Å². The highest BCUT2D eigenvalue weighted by Gasteiger charge is 2.40. The standard InChI is InChI=1S/C14H20BrNO/c1-10(2)14(8-16-9-14)7-11-6-12(17-3)4-5-13(11)15/h4-6,10,16H,7-9H2,1-3H3. The number of hydrogen-bond acceptors (Lipinski definition) is 2. The Hall–Kier alpha value is -0.540. The zero-order valence-electron chi connectivity index (χ0n) is 10.7. The third kappa shape index (κ3) is 2.50. The van der Waals surface area contributed by atoms with Crippen LogP contribution >= 0.6 is 15.9 Å². The van der Waals surface area contributed by atoms with Crippen molar-refractivity contribution < 1.29 is 4.74 Å². The number of nitrogens with one attached hydrogen (secondary N) is 1. The van der Waals surface area contributed by atoms with Crippen molar-refractivity contribution >= 4 is 15.9 Å². The fraction of sp³-hybridized carbons (Fsp3) is 0.571. The van der Waals surface area contributed by atoms with E-state index in [2.05, 4.69) is 47.2 Å². The summed E-state index contributed by atoms with van der Waals surface area (Å²) in [5.74, 6) is 1.64. The molecule has 0 radical (unpaired) electrons. The molecule has 3 heteroatoms. The molecule has 0 amide bonds. The van der Waals surface area contributed by atoms with Crippen molar-refractivity contribution in [3.8, 4) is 5.75 Å². The summed E-state index contributed by atoms with van der Waals surface area (Å²) in [4.78, 5) is 0. The van der Waals surface area contributed by atoms with Crippen molar-refractivity contribution in [1.82, 2.24) is 5.32 Å². The van der Waals surface area contributed by atoms with Crippen LogP contribution < -0.4 is 10.1 Å². The van der Waals surface area contributed by atoms with Crippen molar-refractivity contribution in [2.24, 2.45) is 11.3 Å². The first-order chi connectivity index (χ1) is 8.07. The van der Waals surface area contributed by atoms with Crippen LogP contribution in [0, 0.1) is 11.3 Å². The summed E-state index contributed by atoms with van der Waals surface area (Å²) in [6.45, 7) is 6.87. The quantitative estimate of drug-likeness (QED) is 0.921. The van der Waals surface area contributed by atoms with E-state index in [1.54, 1.807) is 7.11 Å². The van der Waals surface area contributed by atoms with Crippen LogP contribution in [0.25, 0.3) is 0 Å². The van der Waals surface area contributed by atoms with E-state index in [0.29, 0.717) is 11.3 Å². The Morgan fingerprint density at radius 2 is 2.12 bits per heavy atom. The molecule has 1 aliphatic heterocycles. The van der Waals surface area contributed by atoms with Crippen LogP contribution in [0.1, 0.15) is 19.4 Å². The maximum absolute atomic E-state index is 5.30. The maximum atomic E-state index is 5.30. The van der Waals surface area contributed by atoms with E-state index in [-0.39, 0.29) is 0 Å². The van der Waals surface area contributed by atoms with Gasteiger partial charge in [0.05, 0.1) is 7.11 Å². The van der Waals surface area contributed by atoms with Crippen molar-refractivity contribution in [3.05, 3.63) is 28.2 Å². The Morgan fingerprint density at radius 1 is 1.41 bits per heavy atom. The molecular weight excluding hydrogens is 278 g/mol. The van der Waals surface area contributed by atoms with Gasteiger partial charge in [0.15, 0.2) is 0 Å². The van der Waals surface area contributed by atoms with Gasteiger partial charge in [0.1, 0.15) is 5.75 Å². The van der Waals surface area contributed by atoms with E-state index in [4.69, 9.17) is 4.74 Å². The summed E-state index contributed by atoms with van der Waals surface area (Å²) in [6, 6.07) is 6.22. The minimum Gasteiger partial charge on any atom is -0.497 e. The van der Waals surface area contributed by atoms with Gasteiger partial charge in [-0.25, -0.2) is 0 Å². The molecular formula is C14H20BrNO. The zero-order chi connectivity index (χ0) is 12.5. The lowest BCUT2D eigenvalue weighted by Crippen LogP contribution is -2.57. The third-order valence-corrected chi connectivity index (χ3v) is 4.75. The van der Waals surface area contributed by atoms with Crippen molar-refractivity contribution in [2.75, 3.05) is 20.2 Å². The van der Waals surface area contributed by atoms with Gasteiger partial charge in [0.25, 0.3) is 0 Å². The molecule has 1 saturated heterocycles. The lowest BCUT2D eigenvalue weighted by atomic mass is 9.68. The number of ether oxygens (including phenoxy) is 1. The van der Waals surface area contributed by atoms with Crippen molar-refractivity contribution in [2.45, 2.75) is 20.3 Å². The predicted molar refractivity (Wildman–Crippen MR) is 74.5 cm³/mol. The highest BCUT2D eigenvalue weighted by Crippen LogP contribution is 2.38. The van der Waals surface area contributed by atoms with Crippen LogP contribution in [0.5, 0.6) is 5.75 Å². The highest BCUT2D eigenvalue weighted by atomic mass is 79.9. The van der Waals surface area contributed by atoms with Gasteiger partial charge in [-0.1, -0.05) is 29.8 Å². The summed E-state index contributed by atoms with van der Waals surface area (Å²) in [5, 5.41) is 3.41. The summed E-state index contributed by atoms with van der Waals surface area (Å²) >= 11 is 3.64. The number of halogens is 1. The SMILES string of the molecule is COc1ccc(Br)c(CC2(C(C)C)CNC2)c1. The van der Waals surface area contributed by atoms with Crippen molar-refractivity contribution in [1.29, 1.82) is 0 Å². The molecule has 0 atom stereocenters. The summed E-state index contributed by atoms with van der Waals surface area (Å²) < 4.78 is 6.49. The summed E-state index contributed by atoms with van der Waals surface area (Å²) in [6.07, 6.45) is 1.11. The first-order valence-corrected chi connectivity index (χ1v) is 6.90. The molecule has 0 spiro atoms. The second-order valence-corrected chi connectivity index (χ2v) is 6.11. The lowest BCUT2D eigenvalue weighted by molar-refractivity contribution is 0.0992. The minimum atomic E-state index is 0.412. The first-order valence-electron chi connectivity index (χ1n) is 6.10. The first kappa shape index (κ1) is 12.9. The van der Waals surface area contributed by atoms with E-state index >= 15 is 0 Å². The largest absolute Gasteiger partial charge is 0.497 e. The second kappa shape index (κ2) is 4.99. The summed E-state index contributed by atoms with van der Waals surface area (Å²) in [7, 11) is 1.72. The minimum absolute atomic E-state index is 0.412. The van der Waals surface area contributed by atoms with E-state index in [1.807, 2.05) is 6.07 Å². The second-order valence-electron chi connectivity index (χ2n) is 5.25. The molecule has 0 bridgehead atoms. The molecule has 2 nitrogen and oxygen atoms in total. The number of methoxy groups -OCH3 is 1. The summed E-state index contributed by atoms with van der Waals surface area (Å²) in [5.41, 5.74) is 1.76. The molecule has 1 aliphatic rings. The number of hydrogen-bond donors (Lipinski definition) is 1. The Bertz CT molecular complexity index is 399.